The highest BCUT2D eigenvalue weighted by atomic mass is 35.5. The molecule has 1 rings (SSSR count). The topological polar surface area (TPSA) is 18.5 Å². The predicted molar refractivity (Wildman–Crippen MR) is 54.1 cm³/mol. The van der Waals surface area contributed by atoms with Crippen molar-refractivity contribution in [3.05, 3.63) is 22.7 Å². The monoisotopic (exact) mass is 220 g/mol. The van der Waals surface area contributed by atoms with Gasteiger partial charge in [0.1, 0.15) is 0 Å². The summed E-state index contributed by atoms with van der Waals surface area (Å²) in [4.78, 5) is 0. The van der Waals surface area contributed by atoms with Gasteiger partial charge in [-0.2, -0.15) is 0 Å². The molecule has 13 heavy (non-hydrogen) atoms. The molecule has 0 unspecified atom stereocenters. The summed E-state index contributed by atoms with van der Waals surface area (Å²) in [7, 11) is 3.13. The van der Waals surface area contributed by atoms with Gasteiger partial charge in [-0.3, -0.25) is 0 Å². The number of alkyl halides is 1. The Bertz CT molecular complexity index is 275. The fraction of sp³-hybridized carbons (Fsp3) is 0.333. The highest BCUT2D eigenvalue weighted by Crippen LogP contribution is 2.35. The first-order chi connectivity index (χ1) is 6.22. The molecule has 0 radical (unpaired) electrons. The molecule has 0 bridgehead atoms. The molecule has 1 aromatic carbocycles. The lowest BCUT2D eigenvalue weighted by atomic mass is 10.2. The van der Waals surface area contributed by atoms with Crippen LogP contribution in [0.4, 0.5) is 0 Å². The highest BCUT2D eigenvalue weighted by molar-refractivity contribution is 6.31. The van der Waals surface area contributed by atoms with Crippen LogP contribution in [0.2, 0.25) is 5.02 Å². The Morgan fingerprint density at radius 1 is 1.23 bits per heavy atom. The number of halogens is 2. The first-order valence-corrected chi connectivity index (χ1v) is 4.60. The lowest BCUT2D eigenvalue weighted by Crippen LogP contribution is -1.94. The van der Waals surface area contributed by atoms with E-state index in [1.165, 1.54) is 0 Å². The zero-order valence-electron chi connectivity index (χ0n) is 7.43. The molecule has 0 fully saturated rings. The normalized spacial score (nSPS) is 9.85. The van der Waals surface area contributed by atoms with Gasteiger partial charge >= 0.3 is 0 Å². The minimum Gasteiger partial charge on any atom is -0.493 e. The van der Waals surface area contributed by atoms with Crippen LogP contribution < -0.4 is 9.47 Å². The van der Waals surface area contributed by atoms with E-state index in [-0.39, 0.29) is 0 Å². The van der Waals surface area contributed by atoms with Crippen molar-refractivity contribution in [3.63, 3.8) is 0 Å². The number of hydrogen-bond donors (Lipinski definition) is 0. The van der Waals surface area contributed by atoms with E-state index in [0.29, 0.717) is 22.4 Å². The van der Waals surface area contributed by atoms with Crippen LogP contribution in [-0.2, 0) is 5.88 Å². The Kier molecular flexibility index (Phi) is 3.70. The summed E-state index contributed by atoms with van der Waals surface area (Å²) < 4.78 is 10.2. The average Bonchev–Trinajstić information content (AvgIpc) is 2.16. The van der Waals surface area contributed by atoms with Gasteiger partial charge in [0.2, 0.25) is 0 Å². The van der Waals surface area contributed by atoms with Gasteiger partial charge in [-0.25, -0.2) is 0 Å². The standard InChI is InChI=1S/C9H10Cl2O2/c1-12-8-4-7(11)3-6(5-10)9(8)13-2/h3-4H,5H2,1-2H3. The van der Waals surface area contributed by atoms with Crippen molar-refractivity contribution in [1.29, 1.82) is 0 Å². The number of ether oxygens (including phenoxy) is 2. The van der Waals surface area contributed by atoms with E-state index in [9.17, 15) is 0 Å². The van der Waals surface area contributed by atoms with Crippen molar-refractivity contribution in [1.82, 2.24) is 0 Å². The molecule has 0 aliphatic carbocycles. The Labute approximate surface area is 87.4 Å². The summed E-state index contributed by atoms with van der Waals surface area (Å²) in [6.45, 7) is 0. The largest absolute Gasteiger partial charge is 0.493 e. The summed E-state index contributed by atoms with van der Waals surface area (Å²) in [5.74, 6) is 1.59. The Morgan fingerprint density at radius 2 is 1.92 bits per heavy atom. The van der Waals surface area contributed by atoms with Crippen molar-refractivity contribution >= 4 is 23.2 Å². The van der Waals surface area contributed by atoms with Gasteiger partial charge in [-0.1, -0.05) is 11.6 Å². The first kappa shape index (κ1) is 10.5. The summed E-state index contributed by atoms with van der Waals surface area (Å²) in [5, 5.41) is 0.591. The lowest BCUT2D eigenvalue weighted by Gasteiger charge is -2.11. The number of rotatable bonds is 3. The minimum atomic E-state index is 0.347. The maximum atomic E-state index is 5.84. The molecule has 72 valence electrons. The van der Waals surface area contributed by atoms with Gasteiger partial charge in [0.25, 0.3) is 0 Å². The second-order valence-corrected chi connectivity index (χ2v) is 3.14. The quantitative estimate of drug-likeness (QED) is 0.730. The van der Waals surface area contributed by atoms with Gasteiger partial charge in [-0.15, -0.1) is 11.6 Å². The van der Waals surface area contributed by atoms with E-state index in [0.717, 1.165) is 5.56 Å². The molecular formula is C9H10Cl2O2. The van der Waals surface area contributed by atoms with Crippen molar-refractivity contribution < 1.29 is 9.47 Å². The fourth-order valence-corrected chi connectivity index (χ4v) is 1.53. The Hall–Kier alpha value is -0.600. The molecule has 0 aliphatic heterocycles. The number of benzene rings is 1. The average molecular weight is 221 g/mol. The van der Waals surface area contributed by atoms with Gasteiger partial charge < -0.3 is 9.47 Å². The van der Waals surface area contributed by atoms with Crippen LogP contribution in [0, 0.1) is 0 Å². The zero-order chi connectivity index (χ0) is 9.84. The van der Waals surface area contributed by atoms with Crippen molar-refractivity contribution in [2.45, 2.75) is 5.88 Å². The predicted octanol–water partition coefficient (Wildman–Crippen LogP) is 3.10. The van der Waals surface area contributed by atoms with Crippen LogP contribution >= 0.6 is 23.2 Å². The van der Waals surface area contributed by atoms with Crippen LogP contribution in [0.1, 0.15) is 5.56 Å². The van der Waals surface area contributed by atoms with Crippen LogP contribution in [0.25, 0.3) is 0 Å². The van der Waals surface area contributed by atoms with E-state index in [2.05, 4.69) is 0 Å². The second-order valence-electron chi connectivity index (χ2n) is 2.43. The fourth-order valence-electron chi connectivity index (χ4n) is 1.11. The number of methoxy groups -OCH3 is 2. The summed E-state index contributed by atoms with van der Waals surface area (Å²) in [5.41, 5.74) is 0.827. The maximum Gasteiger partial charge on any atom is 0.165 e. The lowest BCUT2D eigenvalue weighted by molar-refractivity contribution is 0.352. The molecule has 0 N–H and O–H groups in total. The smallest absolute Gasteiger partial charge is 0.165 e. The molecule has 0 aliphatic rings. The third-order valence-corrected chi connectivity index (χ3v) is 2.17. The van der Waals surface area contributed by atoms with Crippen LogP contribution in [0.3, 0.4) is 0 Å². The van der Waals surface area contributed by atoms with E-state index in [4.69, 9.17) is 32.7 Å². The third-order valence-electron chi connectivity index (χ3n) is 1.66. The molecular weight excluding hydrogens is 211 g/mol. The SMILES string of the molecule is COc1cc(Cl)cc(CCl)c1OC. The van der Waals surface area contributed by atoms with E-state index >= 15 is 0 Å². The number of hydrogen-bond acceptors (Lipinski definition) is 2. The Morgan fingerprint density at radius 3 is 2.38 bits per heavy atom. The third kappa shape index (κ3) is 2.20. The van der Waals surface area contributed by atoms with Crippen LogP contribution in [0.5, 0.6) is 11.5 Å². The molecule has 0 amide bonds. The van der Waals surface area contributed by atoms with Gasteiger partial charge in [0.15, 0.2) is 11.5 Å². The summed E-state index contributed by atoms with van der Waals surface area (Å²) in [6.07, 6.45) is 0. The molecule has 0 saturated heterocycles. The second kappa shape index (κ2) is 4.58. The van der Waals surface area contributed by atoms with E-state index < -0.39 is 0 Å². The van der Waals surface area contributed by atoms with Gasteiger partial charge in [0.05, 0.1) is 20.1 Å². The first-order valence-electron chi connectivity index (χ1n) is 3.69. The molecule has 0 aromatic heterocycles. The molecule has 4 heteroatoms. The van der Waals surface area contributed by atoms with Crippen LogP contribution in [0.15, 0.2) is 12.1 Å². The zero-order valence-corrected chi connectivity index (χ0v) is 8.95. The molecule has 0 atom stereocenters. The van der Waals surface area contributed by atoms with E-state index in [1.54, 1.807) is 26.4 Å². The van der Waals surface area contributed by atoms with E-state index in [1.807, 2.05) is 0 Å². The van der Waals surface area contributed by atoms with Gasteiger partial charge in [-0.05, 0) is 6.07 Å². The molecule has 0 saturated carbocycles. The van der Waals surface area contributed by atoms with Gasteiger partial charge in [0, 0.05) is 16.7 Å². The minimum absolute atomic E-state index is 0.347. The maximum absolute atomic E-state index is 5.84. The van der Waals surface area contributed by atoms with Crippen LogP contribution in [-0.4, -0.2) is 14.2 Å². The van der Waals surface area contributed by atoms with Crippen molar-refractivity contribution in [2.75, 3.05) is 14.2 Å². The molecule has 1 aromatic rings. The Balaban J connectivity index is 3.25. The van der Waals surface area contributed by atoms with Crippen molar-refractivity contribution in [2.24, 2.45) is 0 Å². The van der Waals surface area contributed by atoms with Crippen molar-refractivity contribution in [3.8, 4) is 11.5 Å². The summed E-state index contributed by atoms with van der Waals surface area (Å²) in [6, 6.07) is 3.45. The molecule has 0 heterocycles. The summed E-state index contributed by atoms with van der Waals surface area (Å²) >= 11 is 11.6. The molecule has 0 spiro atoms. The molecule has 2 nitrogen and oxygen atoms in total. The highest BCUT2D eigenvalue weighted by Gasteiger charge is 2.10.